The molecule has 3 nitrogen and oxygen atoms in total. The predicted octanol–water partition coefficient (Wildman–Crippen LogP) is 2.61. The summed E-state index contributed by atoms with van der Waals surface area (Å²) in [6.07, 6.45) is 1.86. The van der Waals surface area contributed by atoms with Gasteiger partial charge in [-0.2, -0.15) is 0 Å². The van der Waals surface area contributed by atoms with Crippen molar-refractivity contribution in [2.75, 3.05) is 13.6 Å². The molecule has 0 aliphatic rings. The Morgan fingerprint density at radius 3 is 2.68 bits per heavy atom. The fourth-order valence-electron chi connectivity index (χ4n) is 1.86. The number of nitrogens with zero attached hydrogens (tertiary/aromatic N) is 1. The van der Waals surface area contributed by atoms with E-state index in [0.29, 0.717) is 19.4 Å². The van der Waals surface area contributed by atoms with Crippen molar-refractivity contribution in [2.45, 2.75) is 32.2 Å². The second-order valence-electron chi connectivity index (χ2n) is 4.59. The van der Waals surface area contributed by atoms with Crippen LogP contribution in [0.3, 0.4) is 0 Å². The molecule has 0 fully saturated rings. The summed E-state index contributed by atoms with van der Waals surface area (Å²) in [5.41, 5.74) is 5.55. The standard InChI is InChI=1S/C14H20F2N2O/c1-10(12-9-11(15)6-7-13(12)16)18(2)14(19)5-3-4-8-17/h6-7,9-10H,3-5,8,17H2,1-2H3. The number of carbonyl (C=O) groups excluding carboxylic acids is 1. The van der Waals surface area contributed by atoms with Crippen molar-refractivity contribution >= 4 is 5.91 Å². The van der Waals surface area contributed by atoms with E-state index >= 15 is 0 Å². The highest BCUT2D eigenvalue weighted by Gasteiger charge is 2.20. The molecular formula is C14H20F2N2O. The van der Waals surface area contributed by atoms with Crippen LogP contribution in [0.2, 0.25) is 0 Å². The Bertz CT molecular complexity index is 437. The predicted molar refractivity (Wildman–Crippen MR) is 70.4 cm³/mol. The van der Waals surface area contributed by atoms with E-state index in [0.717, 1.165) is 24.6 Å². The Morgan fingerprint density at radius 1 is 1.37 bits per heavy atom. The summed E-state index contributed by atoms with van der Waals surface area (Å²) in [5, 5.41) is 0. The topological polar surface area (TPSA) is 46.3 Å². The lowest BCUT2D eigenvalue weighted by Gasteiger charge is -2.25. The molecule has 1 rings (SSSR count). The van der Waals surface area contributed by atoms with Crippen molar-refractivity contribution in [1.82, 2.24) is 4.90 Å². The third-order valence-electron chi connectivity index (χ3n) is 3.23. The average Bonchev–Trinajstić information content (AvgIpc) is 2.40. The SMILES string of the molecule is CC(c1cc(F)ccc1F)N(C)C(=O)CCCCN. The van der Waals surface area contributed by atoms with Gasteiger partial charge in [-0.1, -0.05) is 0 Å². The molecule has 2 N–H and O–H groups in total. The number of rotatable bonds is 6. The zero-order valence-corrected chi connectivity index (χ0v) is 11.3. The van der Waals surface area contributed by atoms with Gasteiger partial charge in [0.15, 0.2) is 0 Å². The number of hydrogen-bond acceptors (Lipinski definition) is 2. The third kappa shape index (κ3) is 4.28. The van der Waals surface area contributed by atoms with Gasteiger partial charge in [-0.25, -0.2) is 8.78 Å². The minimum absolute atomic E-state index is 0.0930. The maximum atomic E-state index is 13.6. The fraction of sp³-hybridized carbons (Fsp3) is 0.500. The minimum Gasteiger partial charge on any atom is -0.339 e. The first-order chi connectivity index (χ1) is 8.97. The van der Waals surface area contributed by atoms with Gasteiger partial charge >= 0.3 is 0 Å². The quantitative estimate of drug-likeness (QED) is 0.808. The molecule has 0 heterocycles. The molecule has 0 aliphatic carbocycles. The van der Waals surface area contributed by atoms with Gasteiger partial charge in [-0.15, -0.1) is 0 Å². The fourth-order valence-corrected chi connectivity index (χ4v) is 1.86. The van der Waals surface area contributed by atoms with E-state index in [4.69, 9.17) is 5.73 Å². The van der Waals surface area contributed by atoms with Crippen molar-refractivity contribution in [1.29, 1.82) is 0 Å². The minimum atomic E-state index is -0.507. The molecule has 1 aromatic rings. The number of nitrogens with two attached hydrogens (primary N) is 1. The molecule has 0 saturated carbocycles. The van der Waals surface area contributed by atoms with Crippen LogP contribution in [0.15, 0.2) is 18.2 Å². The molecule has 1 unspecified atom stereocenters. The number of unbranched alkanes of at least 4 members (excludes halogenated alkanes) is 1. The van der Waals surface area contributed by atoms with E-state index in [1.54, 1.807) is 14.0 Å². The molecule has 0 bridgehead atoms. The van der Waals surface area contributed by atoms with Gasteiger partial charge in [0.1, 0.15) is 11.6 Å². The van der Waals surface area contributed by atoms with E-state index in [2.05, 4.69) is 0 Å². The van der Waals surface area contributed by atoms with Crippen molar-refractivity contribution in [3.8, 4) is 0 Å². The lowest BCUT2D eigenvalue weighted by Crippen LogP contribution is -2.30. The lowest BCUT2D eigenvalue weighted by molar-refractivity contribution is -0.131. The van der Waals surface area contributed by atoms with Gasteiger partial charge in [0, 0.05) is 19.0 Å². The molecule has 19 heavy (non-hydrogen) atoms. The van der Waals surface area contributed by atoms with Crippen LogP contribution in [0.25, 0.3) is 0 Å². The summed E-state index contributed by atoms with van der Waals surface area (Å²) in [4.78, 5) is 13.3. The molecule has 0 saturated heterocycles. The average molecular weight is 270 g/mol. The van der Waals surface area contributed by atoms with Crippen LogP contribution in [0.5, 0.6) is 0 Å². The highest BCUT2D eigenvalue weighted by molar-refractivity contribution is 5.76. The number of amides is 1. The lowest BCUT2D eigenvalue weighted by atomic mass is 10.1. The molecule has 0 aliphatic heterocycles. The van der Waals surface area contributed by atoms with Crippen LogP contribution >= 0.6 is 0 Å². The Kier molecular flexibility index (Phi) is 5.89. The van der Waals surface area contributed by atoms with Crippen LogP contribution in [-0.4, -0.2) is 24.4 Å². The number of carbonyl (C=O) groups is 1. The van der Waals surface area contributed by atoms with Crippen molar-refractivity contribution in [3.63, 3.8) is 0 Å². The van der Waals surface area contributed by atoms with E-state index < -0.39 is 17.7 Å². The zero-order chi connectivity index (χ0) is 14.4. The highest BCUT2D eigenvalue weighted by atomic mass is 19.1. The van der Waals surface area contributed by atoms with Crippen molar-refractivity contribution in [3.05, 3.63) is 35.4 Å². The normalized spacial score (nSPS) is 12.3. The first-order valence-electron chi connectivity index (χ1n) is 6.38. The van der Waals surface area contributed by atoms with Crippen LogP contribution < -0.4 is 5.73 Å². The molecule has 5 heteroatoms. The van der Waals surface area contributed by atoms with E-state index in [1.165, 1.54) is 4.90 Å². The summed E-state index contributed by atoms with van der Waals surface area (Å²) < 4.78 is 26.8. The zero-order valence-electron chi connectivity index (χ0n) is 11.3. The smallest absolute Gasteiger partial charge is 0.222 e. The van der Waals surface area contributed by atoms with Gasteiger partial charge in [-0.05, 0) is 44.5 Å². The number of halogens is 2. The largest absolute Gasteiger partial charge is 0.339 e. The summed E-state index contributed by atoms with van der Waals surface area (Å²) in [6, 6.07) is 2.77. The monoisotopic (exact) mass is 270 g/mol. The molecule has 1 aromatic carbocycles. The summed E-state index contributed by atoms with van der Waals surface area (Å²) in [6.45, 7) is 2.23. The molecular weight excluding hydrogens is 250 g/mol. The van der Waals surface area contributed by atoms with Gasteiger partial charge in [0.25, 0.3) is 0 Å². The Hall–Kier alpha value is -1.49. The van der Waals surface area contributed by atoms with Crippen LogP contribution in [0.4, 0.5) is 8.78 Å². The molecule has 1 amide bonds. The van der Waals surface area contributed by atoms with Gasteiger partial charge in [-0.3, -0.25) is 4.79 Å². The summed E-state index contributed by atoms with van der Waals surface area (Å²) in [7, 11) is 1.60. The number of benzene rings is 1. The highest BCUT2D eigenvalue weighted by Crippen LogP contribution is 2.23. The van der Waals surface area contributed by atoms with Crippen LogP contribution in [-0.2, 0) is 4.79 Å². The van der Waals surface area contributed by atoms with E-state index in [1.807, 2.05) is 0 Å². The second kappa shape index (κ2) is 7.19. The summed E-state index contributed by atoms with van der Waals surface area (Å²) >= 11 is 0. The molecule has 106 valence electrons. The first-order valence-corrected chi connectivity index (χ1v) is 6.38. The third-order valence-corrected chi connectivity index (χ3v) is 3.23. The Morgan fingerprint density at radius 2 is 2.05 bits per heavy atom. The Balaban J connectivity index is 2.72. The molecule has 0 spiro atoms. The molecule has 1 atom stereocenters. The molecule has 0 aromatic heterocycles. The van der Waals surface area contributed by atoms with Crippen LogP contribution in [0, 0.1) is 11.6 Å². The van der Waals surface area contributed by atoms with Gasteiger partial charge in [0.05, 0.1) is 6.04 Å². The first kappa shape index (κ1) is 15.6. The van der Waals surface area contributed by atoms with Crippen molar-refractivity contribution < 1.29 is 13.6 Å². The summed E-state index contributed by atoms with van der Waals surface area (Å²) in [5.74, 6) is -1.10. The van der Waals surface area contributed by atoms with E-state index in [9.17, 15) is 13.6 Å². The van der Waals surface area contributed by atoms with Crippen molar-refractivity contribution in [2.24, 2.45) is 5.73 Å². The maximum absolute atomic E-state index is 13.6. The van der Waals surface area contributed by atoms with Gasteiger partial charge in [0.2, 0.25) is 5.91 Å². The maximum Gasteiger partial charge on any atom is 0.222 e. The Labute approximate surface area is 112 Å². The number of hydrogen-bond donors (Lipinski definition) is 1. The second-order valence-corrected chi connectivity index (χ2v) is 4.59. The van der Waals surface area contributed by atoms with Gasteiger partial charge < -0.3 is 10.6 Å². The molecule has 0 radical (unpaired) electrons. The van der Waals surface area contributed by atoms with E-state index in [-0.39, 0.29) is 11.5 Å². The van der Waals surface area contributed by atoms with Crippen LogP contribution in [0.1, 0.15) is 37.8 Å².